The summed E-state index contributed by atoms with van der Waals surface area (Å²) in [7, 11) is 3.78. The number of carbonyl (C=O) groups excluding carboxylic acids is 1. The highest BCUT2D eigenvalue weighted by Crippen LogP contribution is 2.18. The van der Waals surface area contributed by atoms with Gasteiger partial charge in [-0.25, -0.2) is 9.78 Å². The van der Waals surface area contributed by atoms with Crippen molar-refractivity contribution in [2.75, 3.05) is 20.7 Å². The van der Waals surface area contributed by atoms with Crippen LogP contribution in [0, 0.1) is 0 Å². The fourth-order valence-corrected chi connectivity index (χ4v) is 2.22. The van der Waals surface area contributed by atoms with Crippen LogP contribution in [0.2, 0.25) is 0 Å². The predicted octanol–water partition coefficient (Wildman–Crippen LogP) is 1.90. The van der Waals surface area contributed by atoms with Crippen molar-refractivity contribution in [2.45, 2.75) is 6.92 Å². The summed E-state index contributed by atoms with van der Waals surface area (Å²) in [6.45, 7) is 2.04. The van der Waals surface area contributed by atoms with Crippen LogP contribution in [-0.2, 0) is 4.74 Å². The first kappa shape index (κ1) is 16.6. The summed E-state index contributed by atoms with van der Waals surface area (Å²) >= 11 is 0. The van der Waals surface area contributed by atoms with Crippen LogP contribution in [0.3, 0.4) is 0 Å². The van der Waals surface area contributed by atoms with Gasteiger partial charge in [0.2, 0.25) is 0 Å². The first-order valence-electron chi connectivity index (χ1n) is 7.78. The summed E-state index contributed by atoms with van der Waals surface area (Å²) < 4.78 is 6.65. The summed E-state index contributed by atoms with van der Waals surface area (Å²) in [5.74, 6) is 0.431. The number of esters is 1. The molecule has 25 heavy (non-hydrogen) atoms. The highest BCUT2D eigenvalue weighted by molar-refractivity contribution is 5.93. The summed E-state index contributed by atoms with van der Waals surface area (Å²) in [5, 5.41) is 4.49. The zero-order chi connectivity index (χ0) is 17.8. The minimum Gasteiger partial charge on any atom is -0.462 e. The SMILES string of the molecule is CCOC(=O)c1cnc2nc(-c3cccnc3)nn2c1C=CN(C)C. The van der Waals surface area contributed by atoms with Gasteiger partial charge in [0.1, 0.15) is 5.56 Å². The van der Waals surface area contributed by atoms with Crippen molar-refractivity contribution >= 4 is 17.8 Å². The molecule has 0 amide bonds. The molecule has 0 aromatic carbocycles. The Morgan fingerprint density at radius 3 is 2.88 bits per heavy atom. The number of rotatable bonds is 5. The fourth-order valence-electron chi connectivity index (χ4n) is 2.22. The van der Waals surface area contributed by atoms with E-state index in [0.717, 1.165) is 5.56 Å². The maximum atomic E-state index is 12.2. The fraction of sp³-hybridized carbons (Fsp3) is 0.235. The van der Waals surface area contributed by atoms with Gasteiger partial charge in [0.15, 0.2) is 5.82 Å². The van der Waals surface area contributed by atoms with Crippen molar-refractivity contribution in [2.24, 2.45) is 0 Å². The third-order valence-electron chi connectivity index (χ3n) is 3.35. The number of hydrogen-bond donors (Lipinski definition) is 0. The van der Waals surface area contributed by atoms with Crippen LogP contribution in [0.5, 0.6) is 0 Å². The molecule has 0 bridgehead atoms. The summed E-state index contributed by atoms with van der Waals surface area (Å²) in [4.78, 5) is 26.8. The first-order chi connectivity index (χ1) is 12.1. The number of aromatic nitrogens is 5. The van der Waals surface area contributed by atoms with Gasteiger partial charge in [-0.15, -0.1) is 5.10 Å². The number of nitrogens with zero attached hydrogens (tertiary/aromatic N) is 6. The minimum absolute atomic E-state index is 0.284. The minimum atomic E-state index is -0.450. The third-order valence-corrected chi connectivity index (χ3v) is 3.35. The molecule has 0 spiro atoms. The zero-order valence-electron chi connectivity index (χ0n) is 14.2. The lowest BCUT2D eigenvalue weighted by Gasteiger charge is -2.08. The first-order valence-corrected chi connectivity index (χ1v) is 7.78. The number of hydrogen-bond acceptors (Lipinski definition) is 7. The molecule has 3 heterocycles. The van der Waals surface area contributed by atoms with Gasteiger partial charge in [-0.2, -0.15) is 9.50 Å². The Hall–Kier alpha value is -3.29. The molecule has 0 aliphatic heterocycles. The van der Waals surface area contributed by atoms with Crippen molar-refractivity contribution < 1.29 is 9.53 Å². The van der Waals surface area contributed by atoms with E-state index in [-0.39, 0.29) is 6.61 Å². The molecular weight excluding hydrogens is 320 g/mol. The molecule has 8 nitrogen and oxygen atoms in total. The van der Waals surface area contributed by atoms with E-state index in [1.807, 2.05) is 37.3 Å². The van der Waals surface area contributed by atoms with E-state index in [0.29, 0.717) is 22.9 Å². The van der Waals surface area contributed by atoms with Gasteiger partial charge in [-0.05, 0) is 25.1 Å². The van der Waals surface area contributed by atoms with Crippen LogP contribution in [0.4, 0.5) is 0 Å². The number of fused-ring (bicyclic) bond motifs is 1. The van der Waals surface area contributed by atoms with Gasteiger partial charge in [-0.1, -0.05) is 0 Å². The second kappa shape index (κ2) is 7.08. The average Bonchev–Trinajstić information content (AvgIpc) is 3.05. The van der Waals surface area contributed by atoms with E-state index in [4.69, 9.17) is 4.74 Å². The zero-order valence-corrected chi connectivity index (χ0v) is 14.2. The summed E-state index contributed by atoms with van der Waals surface area (Å²) in [6, 6.07) is 3.68. The standard InChI is InChI=1S/C17H18N6O2/c1-4-25-16(24)13-11-19-17-20-15(12-6-5-8-18-10-12)21-23(17)14(13)7-9-22(2)3/h5-11H,4H2,1-3H3. The third kappa shape index (κ3) is 3.47. The van der Waals surface area contributed by atoms with E-state index >= 15 is 0 Å². The van der Waals surface area contributed by atoms with Crippen LogP contribution in [0.15, 0.2) is 36.9 Å². The molecule has 3 aromatic rings. The molecule has 0 unspecified atom stereocenters. The van der Waals surface area contributed by atoms with E-state index in [1.165, 1.54) is 10.7 Å². The second-order valence-corrected chi connectivity index (χ2v) is 5.45. The van der Waals surface area contributed by atoms with Crippen LogP contribution in [0.25, 0.3) is 23.2 Å². The molecule has 0 saturated heterocycles. The van der Waals surface area contributed by atoms with Gasteiger partial charge in [0, 0.05) is 44.4 Å². The van der Waals surface area contributed by atoms with Crippen LogP contribution in [-0.4, -0.2) is 56.1 Å². The van der Waals surface area contributed by atoms with E-state index in [1.54, 1.807) is 25.4 Å². The Bertz CT molecular complexity index is 918. The monoisotopic (exact) mass is 338 g/mol. The molecule has 3 rings (SSSR count). The van der Waals surface area contributed by atoms with Crippen molar-refractivity contribution in [1.82, 2.24) is 29.5 Å². The van der Waals surface area contributed by atoms with Crippen molar-refractivity contribution in [3.63, 3.8) is 0 Å². The maximum absolute atomic E-state index is 12.2. The molecule has 3 aromatic heterocycles. The molecule has 0 fully saturated rings. The smallest absolute Gasteiger partial charge is 0.341 e. The lowest BCUT2D eigenvalue weighted by Crippen LogP contribution is -2.12. The Balaban J connectivity index is 2.17. The summed E-state index contributed by atoms with van der Waals surface area (Å²) in [5.41, 5.74) is 1.66. The quantitative estimate of drug-likeness (QED) is 0.657. The average molecular weight is 338 g/mol. The molecule has 0 aliphatic rings. The number of pyridine rings is 1. The Labute approximate surface area is 144 Å². The van der Waals surface area contributed by atoms with Crippen LogP contribution in [0.1, 0.15) is 23.0 Å². The molecule has 0 aliphatic carbocycles. The van der Waals surface area contributed by atoms with Gasteiger partial charge < -0.3 is 9.64 Å². The van der Waals surface area contributed by atoms with E-state index in [9.17, 15) is 4.79 Å². The van der Waals surface area contributed by atoms with E-state index in [2.05, 4.69) is 20.1 Å². The highest BCUT2D eigenvalue weighted by Gasteiger charge is 2.18. The van der Waals surface area contributed by atoms with Crippen molar-refractivity contribution in [3.8, 4) is 11.4 Å². The topological polar surface area (TPSA) is 85.5 Å². The van der Waals surface area contributed by atoms with Gasteiger partial charge in [0.25, 0.3) is 5.78 Å². The molecule has 128 valence electrons. The van der Waals surface area contributed by atoms with Gasteiger partial charge in [0.05, 0.1) is 12.3 Å². The Morgan fingerprint density at radius 2 is 2.20 bits per heavy atom. The molecule has 0 radical (unpaired) electrons. The lowest BCUT2D eigenvalue weighted by atomic mass is 10.2. The number of carbonyl (C=O) groups is 1. The summed E-state index contributed by atoms with van der Waals surface area (Å²) in [6.07, 6.45) is 8.42. The normalized spacial score (nSPS) is 11.2. The lowest BCUT2D eigenvalue weighted by molar-refractivity contribution is 0.0525. The number of ether oxygens (including phenoxy) is 1. The second-order valence-electron chi connectivity index (χ2n) is 5.45. The molecule has 0 saturated carbocycles. The van der Waals surface area contributed by atoms with Gasteiger partial charge >= 0.3 is 5.97 Å². The molecule has 8 heteroatoms. The maximum Gasteiger partial charge on any atom is 0.341 e. The molecular formula is C17H18N6O2. The van der Waals surface area contributed by atoms with Gasteiger partial charge in [-0.3, -0.25) is 4.98 Å². The van der Waals surface area contributed by atoms with E-state index < -0.39 is 5.97 Å². The molecule has 0 atom stereocenters. The largest absolute Gasteiger partial charge is 0.462 e. The molecule has 0 N–H and O–H groups in total. The van der Waals surface area contributed by atoms with Crippen molar-refractivity contribution in [1.29, 1.82) is 0 Å². The Kier molecular flexibility index (Phi) is 4.69. The van der Waals surface area contributed by atoms with Crippen LogP contribution >= 0.6 is 0 Å². The van der Waals surface area contributed by atoms with Crippen LogP contribution < -0.4 is 0 Å². The predicted molar refractivity (Wildman–Crippen MR) is 92.7 cm³/mol. The van der Waals surface area contributed by atoms with Crippen molar-refractivity contribution in [3.05, 3.63) is 48.2 Å². The Morgan fingerprint density at radius 1 is 1.36 bits per heavy atom. The highest BCUT2D eigenvalue weighted by atomic mass is 16.5.